The molecular weight excluding hydrogens is 485 g/mol. The van der Waals surface area contributed by atoms with E-state index >= 15 is 0 Å². The van der Waals surface area contributed by atoms with Gasteiger partial charge in [-0.2, -0.15) is 18.4 Å². The van der Waals surface area contributed by atoms with E-state index in [-0.39, 0.29) is 10.7 Å². The Bertz CT molecular complexity index is 1360. The number of amides is 1. The molecule has 33 heavy (non-hydrogen) atoms. The summed E-state index contributed by atoms with van der Waals surface area (Å²) in [6.07, 6.45) is 1.89. The Morgan fingerprint density at radius 1 is 1.06 bits per heavy atom. The molecule has 10 heteroatoms. The second-order valence-electron chi connectivity index (χ2n) is 7.75. The summed E-state index contributed by atoms with van der Waals surface area (Å²) >= 11 is 12.1. The number of sulfonamides is 1. The summed E-state index contributed by atoms with van der Waals surface area (Å²) in [7, 11) is -3.82. The first kappa shape index (κ1) is 23.4. The number of benzene rings is 2. The lowest BCUT2D eigenvalue weighted by Crippen LogP contribution is -2.22. The molecule has 0 bridgehead atoms. The fraction of sp³-hybridized carbons (Fsp3) is 0.217. The highest BCUT2D eigenvalue weighted by Crippen LogP contribution is 2.31. The molecule has 0 aliphatic heterocycles. The molecule has 0 fully saturated rings. The first-order chi connectivity index (χ1) is 15.7. The number of carbonyl (C=O) groups is 1. The van der Waals surface area contributed by atoms with Gasteiger partial charge in [0.15, 0.2) is 5.76 Å². The number of nitrogens with zero attached hydrogens (tertiary/aromatic N) is 1. The maximum Gasteiger partial charge on any atom is 0.291 e. The largest absolute Gasteiger partial charge is 0.455 e. The van der Waals surface area contributed by atoms with E-state index < -0.39 is 15.9 Å². The van der Waals surface area contributed by atoms with Gasteiger partial charge in [0.05, 0.1) is 21.3 Å². The molecule has 1 aliphatic rings. The number of carbonyl (C=O) groups excluding carboxylic acids is 1. The van der Waals surface area contributed by atoms with Gasteiger partial charge in [-0.05, 0) is 57.0 Å². The quantitative estimate of drug-likeness (QED) is 0.448. The monoisotopic (exact) mass is 505 g/mol. The van der Waals surface area contributed by atoms with Crippen molar-refractivity contribution in [3.05, 3.63) is 80.7 Å². The van der Waals surface area contributed by atoms with Crippen molar-refractivity contribution in [2.75, 3.05) is 5.32 Å². The third-order valence-electron chi connectivity index (χ3n) is 5.34. The van der Waals surface area contributed by atoms with Gasteiger partial charge in [0.25, 0.3) is 15.9 Å². The normalized spacial score (nSPS) is 14.7. The molecule has 1 heterocycles. The van der Waals surface area contributed by atoms with Crippen molar-refractivity contribution in [3.8, 4) is 0 Å². The minimum atomic E-state index is -3.82. The molecule has 1 aliphatic carbocycles. The topological polar surface area (TPSA) is 101 Å². The summed E-state index contributed by atoms with van der Waals surface area (Å²) in [6, 6.07) is 11.2. The fourth-order valence-electron chi connectivity index (χ4n) is 3.65. The van der Waals surface area contributed by atoms with Crippen LogP contribution in [0.5, 0.6) is 0 Å². The molecule has 4 rings (SSSR count). The third-order valence-corrected chi connectivity index (χ3v) is 7.12. The lowest BCUT2D eigenvalue weighted by molar-refractivity contribution is 0.0994. The Balaban J connectivity index is 1.60. The number of aryl methyl sites for hydroxylation is 2. The van der Waals surface area contributed by atoms with E-state index in [1.165, 1.54) is 18.2 Å². The number of nitrogens with one attached hydrogen (secondary N) is 2. The molecule has 0 saturated heterocycles. The highest BCUT2D eigenvalue weighted by atomic mass is 35.5. The highest BCUT2D eigenvalue weighted by Gasteiger charge is 2.28. The maximum absolute atomic E-state index is 12.9. The second-order valence-corrected chi connectivity index (χ2v) is 10.3. The van der Waals surface area contributed by atoms with Crippen molar-refractivity contribution >= 4 is 50.5 Å². The van der Waals surface area contributed by atoms with Gasteiger partial charge in [0, 0.05) is 22.6 Å². The SMILES string of the molecule is Cc1ccc(S(=O)(=O)N/N=C2\CCCc3oc(C(=O)Nc4ccc(Cl)cc4Cl)c(C)c32)cc1. The number of hydrazone groups is 1. The van der Waals surface area contributed by atoms with E-state index in [2.05, 4.69) is 15.2 Å². The van der Waals surface area contributed by atoms with Gasteiger partial charge in [0.2, 0.25) is 0 Å². The van der Waals surface area contributed by atoms with Crippen LogP contribution in [0.4, 0.5) is 5.69 Å². The van der Waals surface area contributed by atoms with Gasteiger partial charge in [-0.25, -0.2) is 0 Å². The molecular formula is C23H21Cl2N3O4S. The van der Waals surface area contributed by atoms with Crippen LogP contribution in [-0.2, 0) is 16.4 Å². The zero-order chi connectivity index (χ0) is 23.8. The first-order valence-corrected chi connectivity index (χ1v) is 12.4. The smallest absolute Gasteiger partial charge is 0.291 e. The number of rotatable bonds is 5. The fourth-order valence-corrected chi connectivity index (χ4v) is 4.94. The van der Waals surface area contributed by atoms with E-state index in [0.717, 1.165) is 12.0 Å². The van der Waals surface area contributed by atoms with Crippen LogP contribution in [0.2, 0.25) is 10.0 Å². The predicted molar refractivity (Wildman–Crippen MR) is 129 cm³/mol. The Kier molecular flexibility index (Phi) is 6.52. The van der Waals surface area contributed by atoms with E-state index in [1.54, 1.807) is 31.2 Å². The van der Waals surface area contributed by atoms with E-state index in [4.69, 9.17) is 27.6 Å². The number of hydrogen-bond donors (Lipinski definition) is 2. The molecule has 7 nitrogen and oxygen atoms in total. The minimum absolute atomic E-state index is 0.123. The maximum atomic E-state index is 12.9. The summed E-state index contributed by atoms with van der Waals surface area (Å²) in [5, 5.41) is 7.67. The van der Waals surface area contributed by atoms with Crippen LogP contribution in [-0.4, -0.2) is 20.0 Å². The first-order valence-electron chi connectivity index (χ1n) is 10.2. The van der Waals surface area contributed by atoms with Crippen molar-refractivity contribution < 1.29 is 17.6 Å². The van der Waals surface area contributed by atoms with Gasteiger partial charge in [-0.1, -0.05) is 40.9 Å². The number of halogens is 2. The Hall–Kier alpha value is -2.81. The van der Waals surface area contributed by atoms with E-state index in [1.807, 2.05) is 6.92 Å². The van der Waals surface area contributed by atoms with E-state index in [0.29, 0.717) is 51.2 Å². The average Bonchev–Trinajstić information content (AvgIpc) is 3.12. The number of fused-ring (bicyclic) bond motifs is 1. The minimum Gasteiger partial charge on any atom is -0.455 e. The van der Waals surface area contributed by atoms with Gasteiger partial charge in [-0.3, -0.25) is 4.79 Å². The molecule has 2 N–H and O–H groups in total. The summed E-state index contributed by atoms with van der Waals surface area (Å²) in [6.45, 7) is 3.62. The van der Waals surface area contributed by atoms with Crippen LogP contribution in [0.15, 0.2) is 56.9 Å². The van der Waals surface area contributed by atoms with Crippen LogP contribution < -0.4 is 10.1 Å². The Labute approximate surface area is 201 Å². The number of anilines is 1. The summed E-state index contributed by atoms with van der Waals surface area (Å²) in [5.74, 6) is 0.257. The Morgan fingerprint density at radius 2 is 1.79 bits per heavy atom. The van der Waals surface area contributed by atoms with Crippen molar-refractivity contribution in [2.45, 2.75) is 38.0 Å². The van der Waals surface area contributed by atoms with Crippen molar-refractivity contribution in [2.24, 2.45) is 5.10 Å². The number of furan rings is 1. The molecule has 0 radical (unpaired) electrons. The summed E-state index contributed by atoms with van der Waals surface area (Å²) < 4.78 is 31.1. The second kappa shape index (κ2) is 9.21. The molecule has 2 aromatic carbocycles. The zero-order valence-electron chi connectivity index (χ0n) is 17.9. The predicted octanol–water partition coefficient (Wildman–Crippen LogP) is 5.47. The van der Waals surface area contributed by atoms with Gasteiger partial charge in [-0.15, -0.1) is 0 Å². The van der Waals surface area contributed by atoms with Crippen LogP contribution in [0.3, 0.4) is 0 Å². The molecule has 3 aromatic rings. The molecule has 0 atom stereocenters. The van der Waals surface area contributed by atoms with Crippen LogP contribution >= 0.6 is 23.2 Å². The lowest BCUT2D eigenvalue weighted by Gasteiger charge is -2.14. The van der Waals surface area contributed by atoms with E-state index in [9.17, 15) is 13.2 Å². The van der Waals surface area contributed by atoms with Crippen LogP contribution in [0.25, 0.3) is 0 Å². The molecule has 1 aromatic heterocycles. The number of hydrogen-bond acceptors (Lipinski definition) is 5. The van der Waals surface area contributed by atoms with Crippen LogP contribution in [0.1, 0.15) is 45.8 Å². The average molecular weight is 506 g/mol. The summed E-state index contributed by atoms with van der Waals surface area (Å²) in [4.78, 5) is 15.3. The molecule has 1 amide bonds. The zero-order valence-corrected chi connectivity index (χ0v) is 20.2. The highest BCUT2D eigenvalue weighted by molar-refractivity contribution is 7.89. The molecule has 0 unspecified atom stereocenters. The lowest BCUT2D eigenvalue weighted by atomic mass is 9.93. The van der Waals surface area contributed by atoms with Gasteiger partial charge >= 0.3 is 0 Å². The van der Waals surface area contributed by atoms with Crippen LogP contribution in [0, 0.1) is 13.8 Å². The summed E-state index contributed by atoms with van der Waals surface area (Å²) in [5.41, 5.74) is 3.12. The Morgan fingerprint density at radius 3 is 2.48 bits per heavy atom. The molecule has 0 spiro atoms. The van der Waals surface area contributed by atoms with Crippen molar-refractivity contribution in [3.63, 3.8) is 0 Å². The standard InChI is InChI=1S/C23H21Cl2N3O4S/c1-13-6-9-16(10-7-13)33(30,31)28-27-19-4-3-5-20-21(19)14(2)22(32-20)23(29)26-18-11-8-15(24)12-17(18)25/h6-12,28H,3-5H2,1-2H3,(H,26,29)/b27-19+. The van der Waals surface area contributed by atoms with Crippen molar-refractivity contribution in [1.29, 1.82) is 0 Å². The molecule has 0 saturated carbocycles. The van der Waals surface area contributed by atoms with Gasteiger partial charge < -0.3 is 9.73 Å². The van der Waals surface area contributed by atoms with Gasteiger partial charge in [0.1, 0.15) is 5.76 Å². The third kappa shape index (κ3) is 4.93. The molecule has 172 valence electrons. The van der Waals surface area contributed by atoms with Crippen molar-refractivity contribution in [1.82, 2.24) is 4.83 Å².